The van der Waals surface area contributed by atoms with E-state index in [0.717, 1.165) is 0 Å². The van der Waals surface area contributed by atoms with Crippen LogP contribution >= 0.6 is 0 Å². The maximum absolute atomic E-state index is 12.7. The van der Waals surface area contributed by atoms with Gasteiger partial charge in [0.05, 0.1) is 24.2 Å². The molecule has 2 N–H and O–H groups in total. The lowest BCUT2D eigenvalue weighted by molar-refractivity contribution is -0.142. The highest BCUT2D eigenvalue weighted by atomic mass is 16.5. The Bertz CT molecular complexity index is 825. The SMILES string of the molecule is COc1ccc(C(=O)Nc2ccc(C(C)(C)C(=O)O)cc2)c(OC(C)C)c1. The molecule has 2 rings (SSSR count). The van der Waals surface area contributed by atoms with Gasteiger partial charge in [0.15, 0.2) is 0 Å². The van der Waals surface area contributed by atoms with Crippen molar-refractivity contribution in [2.45, 2.75) is 39.2 Å². The number of ether oxygens (including phenoxy) is 2. The Hall–Kier alpha value is -3.02. The molecule has 0 unspecified atom stereocenters. The fraction of sp³-hybridized carbons (Fsp3) is 0.333. The van der Waals surface area contributed by atoms with E-state index in [2.05, 4.69) is 5.32 Å². The van der Waals surface area contributed by atoms with Crippen LogP contribution in [0.15, 0.2) is 42.5 Å². The van der Waals surface area contributed by atoms with Crippen molar-refractivity contribution in [1.29, 1.82) is 0 Å². The van der Waals surface area contributed by atoms with Crippen LogP contribution in [0.3, 0.4) is 0 Å². The average molecular weight is 371 g/mol. The molecule has 0 bridgehead atoms. The molecular weight excluding hydrogens is 346 g/mol. The molecule has 6 nitrogen and oxygen atoms in total. The number of carboxylic acids is 1. The summed E-state index contributed by atoms with van der Waals surface area (Å²) in [6.45, 7) is 7.03. The van der Waals surface area contributed by atoms with Crippen molar-refractivity contribution in [3.63, 3.8) is 0 Å². The Morgan fingerprint density at radius 2 is 1.70 bits per heavy atom. The predicted octanol–water partition coefficient (Wildman–Crippen LogP) is 4.10. The molecule has 1 amide bonds. The van der Waals surface area contributed by atoms with Crippen LogP contribution in [0, 0.1) is 0 Å². The number of hydrogen-bond acceptors (Lipinski definition) is 4. The van der Waals surface area contributed by atoms with Gasteiger partial charge in [-0.25, -0.2) is 0 Å². The van der Waals surface area contributed by atoms with Gasteiger partial charge in [-0.2, -0.15) is 0 Å². The summed E-state index contributed by atoms with van der Waals surface area (Å²) >= 11 is 0. The monoisotopic (exact) mass is 371 g/mol. The number of rotatable bonds is 7. The van der Waals surface area contributed by atoms with Crippen molar-refractivity contribution in [3.05, 3.63) is 53.6 Å². The van der Waals surface area contributed by atoms with Crippen LogP contribution in [0.25, 0.3) is 0 Å². The Morgan fingerprint density at radius 3 is 2.22 bits per heavy atom. The van der Waals surface area contributed by atoms with E-state index >= 15 is 0 Å². The molecule has 27 heavy (non-hydrogen) atoms. The molecule has 0 saturated carbocycles. The Labute approximate surface area is 159 Å². The van der Waals surface area contributed by atoms with Gasteiger partial charge in [0, 0.05) is 11.8 Å². The summed E-state index contributed by atoms with van der Waals surface area (Å²) in [7, 11) is 1.55. The summed E-state index contributed by atoms with van der Waals surface area (Å²) < 4.78 is 10.9. The standard InChI is InChI=1S/C21H25NO5/c1-13(2)27-18-12-16(26-5)10-11-17(18)19(23)22-15-8-6-14(7-9-15)21(3,4)20(24)25/h6-13H,1-5H3,(H,22,23)(H,24,25). The highest BCUT2D eigenvalue weighted by Gasteiger charge is 2.29. The maximum atomic E-state index is 12.7. The Balaban J connectivity index is 2.23. The second kappa shape index (κ2) is 8.12. The lowest BCUT2D eigenvalue weighted by Crippen LogP contribution is -2.28. The van der Waals surface area contributed by atoms with Crippen molar-refractivity contribution in [2.24, 2.45) is 0 Å². The van der Waals surface area contributed by atoms with E-state index in [-0.39, 0.29) is 12.0 Å². The minimum absolute atomic E-state index is 0.0961. The van der Waals surface area contributed by atoms with Gasteiger partial charge < -0.3 is 19.9 Å². The second-order valence-corrected chi connectivity index (χ2v) is 6.99. The number of benzene rings is 2. The van der Waals surface area contributed by atoms with E-state index in [1.807, 2.05) is 13.8 Å². The van der Waals surface area contributed by atoms with Crippen LogP contribution in [0.5, 0.6) is 11.5 Å². The molecule has 0 atom stereocenters. The minimum atomic E-state index is -1.00. The van der Waals surface area contributed by atoms with Gasteiger partial charge >= 0.3 is 5.97 Å². The summed E-state index contributed by atoms with van der Waals surface area (Å²) in [6, 6.07) is 11.8. The molecule has 0 spiro atoms. The van der Waals surface area contributed by atoms with E-state index in [1.165, 1.54) is 0 Å². The molecule has 0 saturated heterocycles. The van der Waals surface area contributed by atoms with E-state index < -0.39 is 11.4 Å². The van der Waals surface area contributed by atoms with Crippen molar-refractivity contribution in [1.82, 2.24) is 0 Å². The van der Waals surface area contributed by atoms with E-state index in [1.54, 1.807) is 63.4 Å². The van der Waals surface area contributed by atoms with E-state index in [0.29, 0.717) is 28.3 Å². The zero-order chi connectivity index (χ0) is 20.2. The van der Waals surface area contributed by atoms with E-state index in [9.17, 15) is 14.7 Å². The number of carboxylic acid groups (broad SMARTS) is 1. The number of carbonyl (C=O) groups is 2. The van der Waals surface area contributed by atoms with Crippen LogP contribution in [0.1, 0.15) is 43.6 Å². The first-order valence-electron chi connectivity index (χ1n) is 8.65. The molecule has 2 aromatic rings. The predicted molar refractivity (Wildman–Crippen MR) is 104 cm³/mol. The number of aliphatic carboxylic acids is 1. The smallest absolute Gasteiger partial charge is 0.313 e. The lowest BCUT2D eigenvalue weighted by Gasteiger charge is -2.20. The van der Waals surface area contributed by atoms with Crippen molar-refractivity contribution in [3.8, 4) is 11.5 Å². The molecule has 6 heteroatoms. The van der Waals surface area contributed by atoms with Gasteiger partial charge in [0.25, 0.3) is 5.91 Å². The average Bonchev–Trinajstić information content (AvgIpc) is 2.61. The molecule has 0 radical (unpaired) electrons. The molecular formula is C21H25NO5. The number of carbonyl (C=O) groups excluding carboxylic acids is 1. The lowest BCUT2D eigenvalue weighted by atomic mass is 9.85. The quantitative estimate of drug-likeness (QED) is 0.765. The molecule has 0 fully saturated rings. The van der Waals surface area contributed by atoms with Gasteiger partial charge in [-0.15, -0.1) is 0 Å². The second-order valence-electron chi connectivity index (χ2n) is 6.99. The fourth-order valence-electron chi connectivity index (χ4n) is 2.46. The molecule has 0 aliphatic carbocycles. The normalized spacial score (nSPS) is 11.2. The number of amides is 1. The molecule has 144 valence electrons. The third-order valence-corrected chi connectivity index (χ3v) is 4.20. The van der Waals surface area contributed by atoms with Crippen molar-refractivity contribution >= 4 is 17.6 Å². The highest BCUT2D eigenvalue weighted by molar-refractivity contribution is 6.06. The molecule has 0 heterocycles. The Kier molecular flexibility index (Phi) is 6.10. The third-order valence-electron chi connectivity index (χ3n) is 4.20. The minimum Gasteiger partial charge on any atom is -0.497 e. The summed E-state index contributed by atoms with van der Waals surface area (Å²) in [5, 5.41) is 12.1. The molecule has 0 aromatic heterocycles. The molecule has 0 aliphatic heterocycles. The summed E-state index contributed by atoms with van der Waals surface area (Å²) in [4.78, 5) is 24.0. The van der Waals surface area contributed by atoms with Gasteiger partial charge in [0.2, 0.25) is 0 Å². The number of methoxy groups -OCH3 is 1. The van der Waals surface area contributed by atoms with Gasteiger partial charge in [-0.3, -0.25) is 9.59 Å². The number of hydrogen-bond donors (Lipinski definition) is 2. The Morgan fingerprint density at radius 1 is 1.07 bits per heavy atom. The van der Waals surface area contributed by atoms with Crippen LogP contribution < -0.4 is 14.8 Å². The first-order valence-corrected chi connectivity index (χ1v) is 8.65. The maximum Gasteiger partial charge on any atom is 0.313 e. The van der Waals surface area contributed by atoms with Gasteiger partial charge in [-0.1, -0.05) is 12.1 Å². The number of nitrogens with one attached hydrogen (secondary N) is 1. The van der Waals surface area contributed by atoms with Crippen molar-refractivity contribution in [2.75, 3.05) is 12.4 Å². The summed E-state index contributed by atoms with van der Waals surface area (Å²) in [5.41, 5.74) is 0.605. The largest absolute Gasteiger partial charge is 0.497 e. The molecule has 0 aliphatic rings. The van der Waals surface area contributed by atoms with Crippen molar-refractivity contribution < 1.29 is 24.2 Å². The van der Waals surface area contributed by atoms with Gasteiger partial charge in [0.1, 0.15) is 11.5 Å². The van der Waals surface area contributed by atoms with Crippen LogP contribution in [-0.2, 0) is 10.2 Å². The van der Waals surface area contributed by atoms with Crippen LogP contribution in [0.2, 0.25) is 0 Å². The zero-order valence-corrected chi connectivity index (χ0v) is 16.2. The first-order chi connectivity index (χ1) is 12.6. The summed E-state index contributed by atoms with van der Waals surface area (Å²) in [6.07, 6.45) is -0.0961. The molecule has 2 aromatic carbocycles. The zero-order valence-electron chi connectivity index (χ0n) is 16.2. The van der Waals surface area contributed by atoms with Crippen LogP contribution in [-0.4, -0.2) is 30.2 Å². The topological polar surface area (TPSA) is 84.9 Å². The number of anilines is 1. The van der Waals surface area contributed by atoms with E-state index in [4.69, 9.17) is 9.47 Å². The van der Waals surface area contributed by atoms with Gasteiger partial charge in [-0.05, 0) is 57.5 Å². The summed E-state index contributed by atoms with van der Waals surface area (Å²) in [5.74, 6) is -0.195. The third kappa shape index (κ3) is 4.78. The van der Waals surface area contributed by atoms with Crippen LogP contribution in [0.4, 0.5) is 5.69 Å². The fourth-order valence-corrected chi connectivity index (χ4v) is 2.46. The first kappa shape index (κ1) is 20.3. The highest BCUT2D eigenvalue weighted by Crippen LogP contribution is 2.28.